The van der Waals surface area contributed by atoms with Gasteiger partial charge in [-0.15, -0.1) is 0 Å². The van der Waals surface area contributed by atoms with Crippen LogP contribution in [0.3, 0.4) is 0 Å². The van der Waals surface area contributed by atoms with Crippen molar-refractivity contribution in [3.63, 3.8) is 0 Å². The summed E-state index contributed by atoms with van der Waals surface area (Å²) < 4.78 is 0. The SMILES string of the molecule is CC(=O)C(=CN(C)C)C(=O)Nc1cc(C(=O)NC2CC2)ccc1C. The molecular formula is C18H23N3O3. The molecule has 0 aromatic heterocycles. The molecule has 128 valence electrons. The average molecular weight is 329 g/mol. The third kappa shape index (κ3) is 4.68. The van der Waals surface area contributed by atoms with Gasteiger partial charge in [0.05, 0.1) is 5.57 Å². The first kappa shape index (κ1) is 17.7. The van der Waals surface area contributed by atoms with E-state index in [0.717, 1.165) is 18.4 Å². The van der Waals surface area contributed by atoms with Gasteiger partial charge in [-0.1, -0.05) is 6.07 Å². The van der Waals surface area contributed by atoms with E-state index >= 15 is 0 Å². The molecule has 0 atom stereocenters. The van der Waals surface area contributed by atoms with Crippen LogP contribution in [0.5, 0.6) is 0 Å². The number of benzene rings is 1. The number of aryl methyl sites for hydroxylation is 1. The molecule has 0 radical (unpaired) electrons. The lowest BCUT2D eigenvalue weighted by Crippen LogP contribution is -2.26. The van der Waals surface area contributed by atoms with E-state index in [1.165, 1.54) is 13.1 Å². The van der Waals surface area contributed by atoms with Gasteiger partial charge in [0.15, 0.2) is 5.78 Å². The van der Waals surface area contributed by atoms with Crippen molar-refractivity contribution >= 4 is 23.3 Å². The molecule has 1 aliphatic rings. The second-order valence-electron chi connectivity index (χ2n) is 6.29. The number of nitrogens with zero attached hydrogens (tertiary/aromatic N) is 1. The van der Waals surface area contributed by atoms with Gasteiger partial charge in [0.2, 0.25) is 0 Å². The van der Waals surface area contributed by atoms with Crippen molar-refractivity contribution in [2.24, 2.45) is 0 Å². The smallest absolute Gasteiger partial charge is 0.260 e. The molecule has 6 nitrogen and oxygen atoms in total. The third-order valence-corrected chi connectivity index (χ3v) is 3.67. The number of hydrogen-bond acceptors (Lipinski definition) is 4. The number of nitrogens with one attached hydrogen (secondary N) is 2. The van der Waals surface area contributed by atoms with Crippen LogP contribution in [-0.4, -0.2) is 42.6 Å². The zero-order chi connectivity index (χ0) is 17.9. The first-order valence-corrected chi connectivity index (χ1v) is 7.90. The molecule has 1 aromatic rings. The largest absolute Gasteiger partial charge is 0.383 e. The molecule has 0 unspecified atom stereocenters. The lowest BCUT2D eigenvalue weighted by atomic mass is 10.1. The number of carbonyl (C=O) groups excluding carboxylic acids is 3. The maximum Gasteiger partial charge on any atom is 0.260 e. The highest BCUT2D eigenvalue weighted by atomic mass is 16.2. The summed E-state index contributed by atoms with van der Waals surface area (Å²) >= 11 is 0. The standard InChI is InChI=1S/C18H23N3O3/c1-11-5-6-13(17(23)19-14-7-8-14)9-16(11)20-18(24)15(12(2)22)10-21(3)4/h5-6,9-10,14H,7-8H2,1-4H3,(H,19,23)(H,20,24). The lowest BCUT2D eigenvalue weighted by Gasteiger charge is -2.13. The zero-order valence-electron chi connectivity index (χ0n) is 14.5. The van der Waals surface area contributed by atoms with Crippen LogP contribution in [0.2, 0.25) is 0 Å². The van der Waals surface area contributed by atoms with E-state index in [9.17, 15) is 14.4 Å². The summed E-state index contributed by atoms with van der Waals surface area (Å²) in [4.78, 5) is 37.8. The molecule has 1 saturated carbocycles. The van der Waals surface area contributed by atoms with E-state index in [1.54, 1.807) is 37.2 Å². The Morgan fingerprint density at radius 3 is 2.42 bits per heavy atom. The number of anilines is 1. The van der Waals surface area contributed by atoms with Crippen molar-refractivity contribution in [2.75, 3.05) is 19.4 Å². The Hall–Kier alpha value is -2.63. The summed E-state index contributed by atoms with van der Waals surface area (Å²) in [5.74, 6) is -0.954. The summed E-state index contributed by atoms with van der Waals surface area (Å²) in [6, 6.07) is 5.41. The van der Waals surface area contributed by atoms with Crippen LogP contribution >= 0.6 is 0 Å². The molecule has 6 heteroatoms. The van der Waals surface area contributed by atoms with E-state index in [-0.39, 0.29) is 23.3 Å². The Morgan fingerprint density at radius 2 is 1.88 bits per heavy atom. The van der Waals surface area contributed by atoms with Crippen LogP contribution in [0.4, 0.5) is 5.69 Å². The number of hydrogen-bond donors (Lipinski definition) is 2. The molecule has 0 saturated heterocycles. The van der Waals surface area contributed by atoms with Crippen LogP contribution in [0.15, 0.2) is 30.0 Å². The third-order valence-electron chi connectivity index (χ3n) is 3.67. The second kappa shape index (κ2) is 7.29. The molecule has 0 bridgehead atoms. The van der Waals surface area contributed by atoms with Gasteiger partial charge in [0.25, 0.3) is 11.8 Å². The van der Waals surface area contributed by atoms with Gasteiger partial charge < -0.3 is 15.5 Å². The molecule has 0 aliphatic heterocycles. The summed E-state index contributed by atoms with van der Waals surface area (Å²) in [7, 11) is 3.48. The average Bonchev–Trinajstić information content (AvgIpc) is 3.30. The van der Waals surface area contributed by atoms with Crippen molar-refractivity contribution < 1.29 is 14.4 Å². The van der Waals surface area contributed by atoms with Gasteiger partial charge in [-0.25, -0.2) is 0 Å². The molecular weight excluding hydrogens is 306 g/mol. The van der Waals surface area contributed by atoms with Crippen molar-refractivity contribution in [1.29, 1.82) is 0 Å². The van der Waals surface area contributed by atoms with Gasteiger partial charge in [-0.3, -0.25) is 14.4 Å². The van der Waals surface area contributed by atoms with E-state index in [0.29, 0.717) is 11.3 Å². The normalized spacial score (nSPS) is 14.1. The van der Waals surface area contributed by atoms with Crippen molar-refractivity contribution in [3.05, 3.63) is 41.1 Å². The van der Waals surface area contributed by atoms with E-state index in [2.05, 4.69) is 10.6 Å². The Bertz CT molecular complexity index is 703. The predicted octanol–water partition coefficient (Wildman–Crippen LogP) is 1.86. The number of carbonyl (C=O) groups is 3. The monoisotopic (exact) mass is 329 g/mol. The highest BCUT2D eigenvalue weighted by Gasteiger charge is 2.24. The summed E-state index contributed by atoms with van der Waals surface area (Å²) in [5.41, 5.74) is 1.89. The summed E-state index contributed by atoms with van der Waals surface area (Å²) in [6.07, 6.45) is 3.51. The van der Waals surface area contributed by atoms with Crippen molar-refractivity contribution in [2.45, 2.75) is 32.7 Å². The number of ketones is 1. The summed E-state index contributed by atoms with van der Waals surface area (Å²) in [5, 5.41) is 5.64. The molecule has 1 fully saturated rings. The van der Waals surface area contributed by atoms with Gasteiger partial charge in [0, 0.05) is 37.6 Å². The van der Waals surface area contributed by atoms with Crippen molar-refractivity contribution in [3.8, 4) is 0 Å². The molecule has 0 spiro atoms. The minimum absolute atomic E-state index is 0.0623. The van der Waals surface area contributed by atoms with Gasteiger partial charge in [-0.05, 0) is 44.4 Å². The minimum Gasteiger partial charge on any atom is -0.383 e. The highest BCUT2D eigenvalue weighted by Crippen LogP contribution is 2.21. The van der Waals surface area contributed by atoms with E-state index in [1.807, 2.05) is 6.92 Å². The van der Waals surface area contributed by atoms with Crippen molar-refractivity contribution in [1.82, 2.24) is 10.2 Å². The Morgan fingerprint density at radius 1 is 1.21 bits per heavy atom. The first-order chi connectivity index (χ1) is 11.3. The molecule has 1 aliphatic carbocycles. The maximum absolute atomic E-state index is 12.4. The number of amides is 2. The molecule has 2 amide bonds. The van der Waals surface area contributed by atoms with E-state index in [4.69, 9.17) is 0 Å². The minimum atomic E-state index is -0.487. The van der Waals surface area contributed by atoms with Crippen LogP contribution in [-0.2, 0) is 9.59 Å². The molecule has 1 aromatic carbocycles. The van der Waals surface area contributed by atoms with E-state index < -0.39 is 5.91 Å². The fourth-order valence-electron chi connectivity index (χ4n) is 2.15. The quantitative estimate of drug-likeness (QED) is 0.474. The Labute approximate surface area is 141 Å². The topological polar surface area (TPSA) is 78.5 Å². The zero-order valence-corrected chi connectivity index (χ0v) is 14.5. The lowest BCUT2D eigenvalue weighted by molar-refractivity contribution is -0.119. The van der Waals surface area contributed by atoms with Crippen LogP contribution in [0.25, 0.3) is 0 Å². The van der Waals surface area contributed by atoms with Gasteiger partial charge in [-0.2, -0.15) is 0 Å². The summed E-state index contributed by atoms with van der Waals surface area (Å²) in [6.45, 7) is 3.18. The maximum atomic E-state index is 12.4. The molecule has 2 rings (SSSR count). The molecule has 2 N–H and O–H groups in total. The Balaban J connectivity index is 2.19. The van der Waals surface area contributed by atoms with Gasteiger partial charge >= 0.3 is 0 Å². The fraction of sp³-hybridized carbons (Fsp3) is 0.389. The molecule has 0 heterocycles. The first-order valence-electron chi connectivity index (χ1n) is 7.90. The second-order valence-corrected chi connectivity index (χ2v) is 6.29. The van der Waals surface area contributed by atoms with Crippen LogP contribution in [0.1, 0.15) is 35.7 Å². The van der Waals surface area contributed by atoms with Gasteiger partial charge in [0.1, 0.15) is 0 Å². The Kier molecular flexibility index (Phi) is 5.39. The highest BCUT2D eigenvalue weighted by molar-refractivity contribution is 6.22. The van der Waals surface area contributed by atoms with Crippen LogP contribution < -0.4 is 10.6 Å². The fourth-order valence-corrected chi connectivity index (χ4v) is 2.15. The van der Waals surface area contributed by atoms with Crippen LogP contribution in [0, 0.1) is 6.92 Å². The number of Topliss-reactive ketones (excluding diaryl/α,β-unsaturated/α-hetero) is 1. The number of rotatable bonds is 6. The predicted molar refractivity (Wildman–Crippen MR) is 92.7 cm³/mol. The molecule has 24 heavy (non-hydrogen) atoms.